The second kappa shape index (κ2) is 5.52. The lowest BCUT2D eigenvalue weighted by molar-refractivity contribution is -0.0785. The van der Waals surface area contributed by atoms with Gasteiger partial charge in [0.1, 0.15) is 5.75 Å². The highest BCUT2D eigenvalue weighted by Gasteiger charge is 2.39. The molecule has 0 atom stereocenters. The monoisotopic (exact) mass is 235 g/mol. The zero-order chi connectivity index (χ0) is 12.1. The number of hydrogen-bond donors (Lipinski definition) is 1. The average Bonchev–Trinajstić information content (AvgIpc) is 2.33. The van der Waals surface area contributed by atoms with Gasteiger partial charge in [-0.3, -0.25) is 0 Å². The Bertz CT molecular complexity index is 344. The molecule has 1 saturated heterocycles. The van der Waals surface area contributed by atoms with Gasteiger partial charge < -0.3 is 14.8 Å². The van der Waals surface area contributed by atoms with Gasteiger partial charge in [0.05, 0.1) is 25.9 Å². The number of ether oxygens (including phenoxy) is 2. The summed E-state index contributed by atoms with van der Waals surface area (Å²) in [6.07, 6.45) is 2.42. The number of methoxy groups -OCH3 is 1. The Morgan fingerprint density at radius 3 is 2.47 bits per heavy atom. The van der Waals surface area contributed by atoms with E-state index in [4.69, 9.17) is 9.47 Å². The van der Waals surface area contributed by atoms with Crippen molar-refractivity contribution in [2.75, 3.05) is 26.9 Å². The Hall–Kier alpha value is -1.06. The lowest BCUT2D eigenvalue weighted by Gasteiger charge is -2.43. The molecule has 0 bridgehead atoms. The molecule has 3 heteroatoms. The van der Waals surface area contributed by atoms with Crippen molar-refractivity contribution in [1.29, 1.82) is 0 Å². The second-order valence-corrected chi connectivity index (χ2v) is 4.58. The molecule has 3 nitrogen and oxygen atoms in total. The standard InChI is InChI=1S/C14H21NO2/c1-3-4-9-15-14(10-17-11-14)12-5-7-13(16-2)8-6-12/h5-8,15H,3-4,9-11H2,1-2H3. The van der Waals surface area contributed by atoms with Crippen molar-refractivity contribution in [1.82, 2.24) is 5.32 Å². The topological polar surface area (TPSA) is 30.5 Å². The lowest BCUT2D eigenvalue weighted by atomic mass is 9.87. The van der Waals surface area contributed by atoms with Gasteiger partial charge in [0.2, 0.25) is 0 Å². The molecule has 2 rings (SSSR count). The molecule has 1 aromatic rings. The molecule has 0 saturated carbocycles. The lowest BCUT2D eigenvalue weighted by Crippen LogP contribution is -2.57. The molecule has 0 aliphatic carbocycles. The van der Waals surface area contributed by atoms with Gasteiger partial charge >= 0.3 is 0 Å². The Balaban J connectivity index is 2.05. The predicted octanol–water partition coefficient (Wildman–Crippen LogP) is 2.31. The first-order chi connectivity index (χ1) is 8.30. The van der Waals surface area contributed by atoms with Crippen molar-refractivity contribution in [2.45, 2.75) is 25.3 Å². The van der Waals surface area contributed by atoms with Gasteiger partial charge in [-0.25, -0.2) is 0 Å². The van der Waals surface area contributed by atoms with Gasteiger partial charge in [0.25, 0.3) is 0 Å². The third kappa shape index (κ3) is 2.61. The summed E-state index contributed by atoms with van der Waals surface area (Å²) in [7, 11) is 1.69. The maximum Gasteiger partial charge on any atom is 0.118 e. The van der Waals surface area contributed by atoms with Crippen LogP contribution in [0.3, 0.4) is 0 Å². The molecule has 1 aliphatic heterocycles. The van der Waals surface area contributed by atoms with Crippen molar-refractivity contribution < 1.29 is 9.47 Å². The van der Waals surface area contributed by atoms with Gasteiger partial charge in [-0.15, -0.1) is 0 Å². The molecular weight excluding hydrogens is 214 g/mol. The molecule has 1 fully saturated rings. The van der Waals surface area contributed by atoms with E-state index in [1.165, 1.54) is 18.4 Å². The van der Waals surface area contributed by atoms with Crippen LogP contribution >= 0.6 is 0 Å². The summed E-state index contributed by atoms with van der Waals surface area (Å²) in [4.78, 5) is 0. The molecule has 0 radical (unpaired) electrons. The molecule has 1 aromatic carbocycles. The second-order valence-electron chi connectivity index (χ2n) is 4.58. The van der Waals surface area contributed by atoms with Crippen LogP contribution in [-0.4, -0.2) is 26.9 Å². The highest BCUT2D eigenvalue weighted by atomic mass is 16.5. The van der Waals surface area contributed by atoms with E-state index >= 15 is 0 Å². The zero-order valence-electron chi connectivity index (χ0n) is 10.7. The molecule has 0 unspecified atom stereocenters. The first kappa shape index (κ1) is 12.4. The number of unbranched alkanes of at least 4 members (excludes halogenated alkanes) is 1. The van der Waals surface area contributed by atoms with Crippen molar-refractivity contribution >= 4 is 0 Å². The fourth-order valence-corrected chi connectivity index (χ4v) is 2.09. The summed E-state index contributed by atoms with van der Waals surface area (Å²) in [6.45, 7) is 4.79. The number of nitrogens with one attached hydrogen (secondary N) is 1. The Morgan fingerprint density at radius 2 is 2.00 bits per heavy atom. The van der Waals surface area contributed by atoms with E-state index < -0.39 is 0 Å². The number of benzene rings is 1. The first-order valence-electron chi connectivity index (χ1n) is 6.28. The maximum atomic E-state index is 5.39. The third-order valence-electron chi connectivity index (χ3n) is 3.33. The molecule has 1 N–H and O–H groups in total. The van der Waals surface area contributed by atoms with Gasteiger partial charge in [-0.1, -0.05) is 25.5 Å². The minimum absolute atomic E-state index is 0.0292. The van der Waals surface area contributed by atoms with E-state index in [0.29, 0.717) is 0 Å². The van der Waals surface area contributed by atoms with E-state index in [1.54, 1.807) is 7.11 Å². The molecule has 0 amide bonds. The molecule has 17 heavy (non-hydrogen) atoms. The molecular formula is C14H21NO2. The quantitative estimate of drug-likeness (QED) is 0.768. The predicted molar refractivity (Wildman–Crippen MR) is 68.4 cm³/mol. The van der Waals surface area contributed by atoms with Crippen molar-refractivity contribution in [3.63, 3.8) is 0 Å². The van der Waals surface area contributed by atoms with Crippen molar-refractivity contribution in [2.24, 2.45) is 0 Å². The van der Waals surface area contributed by atoms with E-state index in [9.17, 15) is 0 Å². The molecule has 0 aromatic heterocycles. The largest absolute Gasteiger partial charge is 0.497 e. The first-order valence-corrected chi connectivity index (χ1v) is 6.28. The van der Waals surface area contributed by atoms with Gasteiger partial charge in [-0.2, -0.15) is 0 Å². The number of rotatable bonds is 6. The molecule has 0 spiro atoms. The summed E-state index contributed by atoms with van der Waals surface area (Å²) in [5, 5.41) is 3.62. The Morgan fingerprint density at radius 1 is 1.29 bits per heavy atom. The van der Waals surface area contributed by atoms with Crippen LogP contribution in [-0.2, 0) is 10.3 Å². The van der Waals surface area contributed by atoms with Crippen LogP contribution < -0.4 is 10.1 Å². The van der Waals surface area contributed by atoms with Gasteiger partial charge in [-0.05, 0) is 30.7 Å². The van der Waals surface area contributed by atoms with Crippen LogP contribution in [0.15, 0.2) is 24.3 Å². The van der Waals surface area contributed by atoms with Crippen LogP contribution in [0, 0.1) is 0 Å². The minimum Gasteiger partial charge on any atom is -0.497 e. The Kier molecular flexibility index (Phi) is 4.02. The van der Waals surface area contributed by atoms with Crippen LogP contribution in [0.2, 0.25) is 0 Å². The summed E-state index contributed by atoms with van der Waals surface area (Å²) < 4.78 is 10.6. The van der Waals surface area contributed by atoms with E-state index in [-0.39, 0.29) is 5.54 Å². The smallest absolute Gasteiger partial charge is 0.118 e. The van der Waals surface area contributed by atoms with Crippen molar-refractivity contribution in [3.05, 3.63) is 29.8 Å². The van der Waals surface area contributed by atoms with Crippen LogP contribution in [0.5, 0.6) is 5.75 Å². The summed E-state index contributed by atoms with van der Waals surface area (Å²) in [5.41, 5.74) is 1.32. The van der Waals surface area contributed by atoms with E-state index in [2.05, 4.69) is 24.4 Å². The molecule has 1 heterocycles. The SMILES string of the molecule is CCCCNC1(c2ccc(OC)cc2)COC1. The third-order valence-corrected chi connectivity index (χ3v) is 3.33. The normalized spacial score (nSPS) is 17.5. The van der Waals surface area contributed by atoms with Gasteiger partial charge in [0, 0.05) is 0 Å². The highest BCUT2D eigenvalue weighted by Crippen LogP contribution is 2.30. The minimum atomic E-state index is 0.0292. The van der Waals surface area contributed by atoms with Crippen LogP contribution in [0.1, 0.15) is 25.3 Å². The van der Waals surface area contributed by atoms with Crippen LogP contribution in [0.25, 0.3) is 0 Å². The fraction of sp³-hybridized carbons (Fsp3) is 0.571. The summed E-state index contributed by atoms with van der Waals surface area (Å²) in [5.74, 6) is 0.901. The average molecular weight is 235 g/mol. The fourth-order valence-electron chi connectivity index (χ4n) is 2.09. The summed E-state index contributed by atoms with van der Waals surface area (Å²) in [6, 6.07) is 8.27. The maximum absolute atomic E-state index is 5.39. The summed E-state index contributed by atoms with van der Waals surface area (Å²) >= 11 is 0. The highest BCUT2D eigenvalue weighted by molar-refractivity contribution is 5.33. The van der Waals surface area contributed by atoms with Gasteiger partial charge in [0.15, 0.2) is 0 Å². The van der Waals surface area contributed by atoms with E-state index in [0.717, 1.165) is 25.5 Å². The van der Waals surface area contributed by atoms with Crippen molar-refractivity contribution in [3.8, 4) is 5.75 Å². The zero-order valence-corrected chi connectivity index (χ0v) is 10.7. The molecule has 1 aliphatic rings. The van der Waals surface area contributed by atoms with Crippen LogP contribution in [0.4, 0.5) is 0 Å². The Labute approximate surface area is 103 Å². The number of hydrogen-bond acceptors (Lipinski definition) is 3. The molecule has 94 valence electrons. The van der Waals surface area contributed by atoms with E-state index in [1.807, 2.05) is 12.1 Å².